The lowest BCUT2D eigenvalue weighted by molar-refractivity contribution is 0.0704. The van der Waals surface area contributed by atoms with Crippen LogP contribution in [0.15, 0.2) is 24.3 Å². The Morgan fingerprint density at radius 1 is 1.24 bits per heavy atom. The Kier molecular flexibility index (Phi) is 6.67. The molecule has 3 nitrogen and oxygen atoms in total. The van der Waals surface area contributed by atoms with Crippen molar-refractivity contribution in [3.8, 4) is 0 Å². The molecule has 0 N–H and O–H groups in total. The van der Waals surface area contributed by atoms with Gasteiger partial charge in [0.15, 0.2) is 0 Å². The van der Waals surface area contributed by atoms with Gasteiger partial charge in [0.2, 0.25) is 0 Å². The lowest BCUT2D eigenvalue weighted by Gasteiger charge is -2.30. The number of benzene rings is 1. The van der Waals surface area contributed by atoms with Crippen LogP contribution < -0.4 is 0 Å². The monoisotopic (exact) mass is 344 g/mol. The van der Waals surface area contributed by atoms with Crippen LogP contribution >= 0.6 is 0 Å². The van der Waals surface area contributed by atoms with Crippen LogP contribution in [0.1, 0.15) is 76.7 Å². The quantitative estimate of drug-likeness (QED) is 0.728. The third-order valence-electron chi connectivity index (χ3n) is 5.21. The molecular formula is C22H36N2O. The zero-order valence-electron chi connectivity index (χ0n) is 17.0. The van der Waals surface area contributed by atoms with Gasteiger partial charge < -0.3 is 4.90 Å². The van der Waals surface area contributed by atoms with Crippen molar-refractivity contribution < 1.29 is 4.79 Å². The van der Waals surface area contributed by atoms with E-state index in [1.807, 2.05) is 12.1 Å². The topological polar surface area (TPSA) is 23.6 Å². The van der Waals surface area contributed by atoms with Crippen LogP contribution in [0.2, 0.25) is 0 Å². The fourth-order valence-corrected chi connectivity index (χ4v) is 3.83. The van der Waals surface area contributed by atoms with Crippen LogP contribution in [0.25, 0.3) is 0 Å². The van der Waals surface area contributed by atoms with Gasteiger partial charge in [-0.25, -0.2) is 0 Å². The maximum Gasteiger partial charge on any atom is 0.254 e. The van der Waals surface area contributed by atoms with Crippen LogP contribution in [0, 0.1) is 5.41 Å². The second kappa shape index (κ2) is 8.35. The molecule has 3 heteroatoms. The summed E-state index contributed by atoms with van der Waals surface area (Å²) in [5, 5.41) is 0. The minimum Gasteiger partial charge on any atom is -0.336 e. The fourth-order valence-electron chi connectivity index (χ4n) is 3.83. The highest BCUT2D eigenvalue weighted by Crippen LogP contribution is 2.30. The molecule has 1 aromatic carbocycles. The standard InChI is InChI=1S/C22H36N2O/c1-7-23(17(2)3)16-18-10-12-19(13-11-18)21(25)24-14-8-9-20(24)15-22(4,5)6/h10-13,17,20H,7-9,14-16H2,1-6H3. The molecule has 25 heavy (non-hydrogen) atoms. The molecule has 1 saturated heterocycles. The predicted molar refractivity (Wildman–Crippen MR) is 106 cm³/mol. The molecule has 0 aromatic heterocycles. The van der Waals surface area contributed by atoms with Crippen LogP contribution in [0.3, 0.4) is 0 Å². The highest BCUT2D eigenvalue weighted by molar-refractivity contribution is 5.94. The molecule has 1 aromatic rings. The first-order chi connectivity index (χ1) is 11.7. The molecule has 1 atom stereocenters. The third-order valence-corrected chi connectivity index (χ3v) is 5.21. The molecule has 1 amide bonds. The van der Waals surface area contributed by atoms with E-state index in [0.29, 0.717) is 12.1 Å². The van der Waals surface area contributed by atoms with Crippen molar-refractivity contribution >= 4 is 5.91 Å². The highest BCUT2D eigenvalue weighted by atomic mass is 16.2. The fraction of sp³-hybridized carbons (Fsp3) is 0.682. The summed E-state index contributed by atoms with van der Waals surface area (Å²) in [6.45, 7) is 16.3. The second-order valence-corrected chi connectivity index (χ2v) is 8.91. The summed E-state index contributed by atoms with van der Waals surface area (Å²) in [6.07, 6.45) is 3.35. The number of carbonyl (C=O) groups is 1. The molecule has 0 bridgehead atoms. The van der Waals surface area contributed by atoms with E-state index >= 15 is 0 Å². The summed E-state index contributed by atoms with van der Waals surface area (Å²) < 4.78 is 0. The number of hydrogen-bond donors (Lipinski definition) is 0. The van der Waals surface area contributed by atoms with Gasteiger partial charge in [-0.05, 0) is 62.8 Å². The Morgan fingerprint density at radius 3 is 2.40 bits per heavy atom. The molecule has 1 fully saturated rings. The number of hydrogen-bond acceptors (Lipinski definition) is 2. The third kappa shape index (κ3) is 5.57. The van der Waals surface area contributed by atoms with E-state index in [1.165, 1.54) is 5.56 Å². The second-order valence-electron chi connectivity index (χ2n) is 8.91. The highest BCUT2D eigenvalue weighted by Gasteiger charge is 2.32. The Hall–Kier alpha value is -1.35. The molecule has 1 heterocycles. The van der Waals surface area contributed by atoms with Crippen LogP contribution in [0.4, 0.5) is 0 Å². The van der Waals surface area contributed by atoms with Crippen molar-refractivity contribution in [3.63, 3.8) is 0 Å². The summed E-state index contributed by atoms with van der Waals surface area (Å²) >= 11 is 0. The summed E-state index contributed by atoms with van der Waals surface area (Å²) in [7, 11) is 0. The molecule has 0 spiro atoms. The lowest BCUT2D eigenvalue weighted by Crippen LogP contribution is -2.37. The number of amides is 1. The SMILES string of the molecule is CCN(Cc1ccc(C(=O)N2CCCC2CC(C)(C)C)cc1)C(C)C. The molecule has 1 unspecified atom stereocenters. The zero-order chi connectivity index (χ0) is 18.6. The predicted octanol–water partition coefficient (Wildman–Crippen LogP) is 4.96. The maximum absolute atomic E-state index is 13.0. The van der Waals surface area contributed by atoms with E-state index in [-0.39, 0.29) is 11.3 Å². The van der Waals surface area contributed by atoms with Crippen molar-refractivity contribution in [2.75, 3.05) is 13.1 Å². The molecule has 1 aliphatic rings. The van der Waals surface area contributed by atoms with Gasteiger partial charge in [-0.15, -0.1) is 0 Å². The largest absolute Gasteiger partial charge is 0.336 e. The van der Waals surface area contributed by atoms with Crippen LogP contribution in [0.5, 0.6) is 0 Å². The van der Waals surface area contributed by atoms with Crippen LogP contribution in [-0.2, 0) is 6.54 Å². The van der Waals surface area contributed by atoms with E-state index in [9.17, 15) is 4.79 Å². The van der Waals surface area contributed by atoms with Crippen molar-refractivity contribution in [2.24, 2.45) is 5.41 Å². The van der Waals surface area contributed by atoms with Crippen molar-refractivity contribution in [2.45, 2.75) is 79.4 Å². The van der Waals surface area contributed by atoms with Gasteiger partial charge in [-0.2, -0.15) is 0 Å². The molecule has 0 radical (unpaired) electrons. The van der Waals surface area contributed by atoms with E-state index in [2.05, 4.69) is 63.5 Å². The van der Waals surface area contributed by atoms with Gasteiger partial charge >= 0.3 is 0 Å². The molecular weight excluding hydrogens is 308 g/mol. The number of rotatable bonds is 6. The summed E-state index contributed by atoms with van der Waals surface area (Å²) in [5.41, 5.74) is 2.37. The first kappa shape index (κ1) is 20.0. The average molecular weight is 345 g/mol. The van der Waals surface area contributed by atoms with Crippen LogP contribution in [-0.4, -0.2) is 40.9 Å². The molecule has 0 saturated carbocycles. The van der Waals surface area contributed by atoms with Crippen molar-refractivity contribution in [1.29, 1.82) is 0 Å². The van der Waals surface area contributed by atoms with Gasteiger partial charge in [0, 0.05) is 30.7 Å². The average Bonchev–Trinajstić information content (AvgIpc) is 2.98. The minimum atomic E-state index is 0.203. The van der Waals surface area contributed by atoms with Crippen molar-refractivity contribution in [1.82, 2.24) is 9.80 Å². The smallest absolute Gasteiger partial charge is 0.254 e. The van der Waals surface area contributed by atoms with Crippen molar-refractivity contribution in [3.05, 3.63) is 35.4 Å². The summed E-state index contributed by atoms with van der Waals surface area (Å²) in [5.74, 6) is 0.203. The molecule has 0 aliphatic carbocycles. The van der Waals surface area contributed by atoms with Gasteiger partial charge in [0.05, 0.1) is 0 Å². The maximum atomic E-state index is 13.0. The van der Waals surface area contributed by atoms with Gasteiger partial charge in [-0.1, -0.05) is 39.8 Å². The van der Waals surface area contributed by atoms with Gasteiger partial charge in [0.1, 0.15) is 0 Å². The Balaban J connectivity index is 2.04. The minimum absolute atomic E-state index is 0.203. The summed E-state index contributed by atoms with van der Waals surface area (Å²) in [6, 6.07) is 9.19. The van der Waals surface area contributed by atoms with Gasteiger partial charge in [-0.3, -0.25) is 9.69 Å². The van der Waals surface area contributed by atoms with E-state index in [4.69, 9.17) is 0 Å². The first-order valence-electron chi connectivity index (χ1n) is 9.85. The Labute approximate surface area is 154 Å². The first-order valence-corrected chi connectivity index (χ1v) is 9.85. The van der Waals surface area contributed by atoms with E-state index in [1.54, 1.807) is 0 Å². The molecule has 2 rings (SSSR count). The van der Waals surface area contributed by atoms with E-state index in [0.717, 1.165) is 44.5 Å². The lowest BCUT2D eigenvalue weighted by atomic mass is 9.87. The molecule has 140 valence electrons. The number of carbonyl (C=O) groups excluding carboxylic acids is 1. The van der Waals surface area contributed by atoms with Gasteiger partial charge in [0.25, 0.3) is 5.91 Å². The number of nitrogens with zero attached hydrogens (tertiary/aromatic N) is 2. The molecule has 1 aliphatic heterocycles. The Bertz CT molecular complexity index is 556. The summed E-state index contributed by atoms with van der Waals surface area (Å²) in [4.78, 5) is 17.5. The Morgan fingerprint density at radius 2 is 1.88 bits per heavy atom. The zero-order valence-corrected chi connectivity index (χ0v) is 17.0. The number of likely N-dealkylation sites (tertiary alicyclic amines) is 1. The normalized spacial score (nSPS) is 18.4. The van der Waals surface area contributed by atoms with E-state index < -0.39 is 0 Å².